The summed E-state index contributed by atoms with van der Waals surface area (Å²) in [5.41, 5.74) is 0.541. The SMILES string of the molecule is OCc1cn(Cc2ccno2)nn1. The molecule has 0 saturated carbocycles. The van der Waals surface area contributed by atoms with Gasteiger partial charge in [0.05, 0.1) is 19.0 Å². The van der Waals surface area contributed by atoms with Gasteiger partial charge in [0.1, 0.15) is 12.2 Å². The second-order valence-electron chi connectivity index (χ2n) is 2.54. The Hall–Kier alpha value is -1.69. The van der Waals surface area contributed by atoms with Crippen molar-refractivity contribution in [2.24, 2.45) is 0 Å². The van der Waals surface area contributed by atoms with E-state index in [0.29, 0.717) is 18.0 Å². The third-order valence-corrected chi connectivity index (χ3v) is 1.56. The maximum atomic E-state index is 8.73. The Labute approximate surface area is 73.8 Å². The van der Waals surface area contributed by atoms with E-state index in [-0.39, 0.29) is 6.61 Å². The van der Waals surface area contributed by atoms with Gasteiger partial charge < -0.3 is 9.63 Å². The topological polar surface area (TPSA) is 77.0 Å². The van der Waals surface area contributed by atoms with Gasteiger partial charge in [-0.2, -0.15) is 0 Å². The highest BCUT2D eigenvalue weighted by Crippen LogP contribution is 2.00. The van der Waals surface area contributed by atoms with Crippen molar-refractivity contribution in [1.82, 2.24) is 20.2 Å². The van der Waals surface area contributed by atoms with Gasteiger partial charge in [0, 0.05) is 6.07 Å². The Morgan fingerprint density at radius 3 is 3.08 bits per heavy atom. The van der Waals surface area contributed by atoms with Crippen molar-refractivity contribution < 1.29 is 9.63 Å². The minimum atomic E-state index is -0.101. The van der Waals surface area contributed by atoms with Crippen molar-refractivity contribution in [2.75, 3.05) is 0 Å². The average molecular weight is 180 g/mol. The molecule has 0 atom stereocenters. The van der Waals surface area contributed by atoms with Crippen LogP contribution in [0.4, 0.5) is 0 Å². The van der Waals surface area contributed by atoms with Crippen LogP contribution in [-0.4, -0.2) is 25.3 Å². The van der Waals surface area contributed by atoms with Gasteiger partial charge in [-0.05, 0) is 0 Å². The molecule has 2 aromatic heterocycles. The predicted octanol–water partition coefficient (Wildman–Crippen LogP) is -0.193. The first-order valence-electron chi connectivity index (χ1n) is 3.78. The molecule has 6 heteroatoms. The lowest BCUT2D eigenvalue weighted by atomic mass is 10.4. The fraction of sp³-hybridized carbons (Fsp3) is 0.286. The van der Waals surface area contributed by atoms with Crippen LogP contribution < -0.4 is 0 Å². The van der Waals surface area contributed by atoms with Gasteiger partial charge in [-0.15, -0.1) is 5.10 Å². The first kappa shape index (κ1) is 7.93. The molecule has 0 aliphatic heterocycles. The Balaban J connectivity index is 2.10. The highest BCUT2D eigenvalue weighted by molar-refractivity contribution is 4.96. The van der Waals surface area contributed by atoms with E-state index in [4.69, 9.17) is 9.63 Å². The van der Waals surface area contributed by atoms with Crippen molar-refractivity contribution in [3.8, 4) is 0 Å². The Morgan fingerprint density at radius 2 is 2.46 bits per heavy atom. The summed E-state index contributed by atoms with van der Waals surface area (Å²) in [6.45, 7) is 0.378. The zero-order chi connectivity index (χ0) is 9.10. The summed E-state index contributed by atoms with van der Waals surface area (Å²) in [7, 11) is 0. The summed E-state index contributed by atoms with van der Waals surface area (Å²) >= 11 is 0. The van der Waals surface area contributed by atoms with E-state index in [2.05, 4.69) is 15.5 Å². The molecule has 0 spiro atoms. The smallest absolute Gasteiger partial charge is 0.158 e. The van der Waals surface area contributed by atoms with E-state index >= 15 is 0 Å². The van der Waals surface area contributed by atoms with E-state index in [1.807, 2.05) is 0 Å². The molecule has 0 unspecified atom stereocenters. The molecule has 68 valence electrons. The summed E-state index contributed by atoms with van der Waals surface area (Å²) in [5, 5.41) is 19.8. The average Bonchev–Trinajstić information content (AvgIpc) is 2.76. The van der Waals surface area contributed by atoms with Gasteiger partial charge in [0.25, 0.3) is 0 Å². The quantitative estimate of drug-likeness (QED) is 0.708. The Morgan fingerprint density at radius 1 is 1.54 bits per heavy atom. The number of nitrogens with zero attached hydrogens (tertiary/aromatic N) is 4. The number of rotatable bonds is 3. The van der Waals surface area contributed by atoms with E-state index in [1.165, 1.54) is 0 Å². The lowest BCUT2D eigenvalue weighted by Gasteiger charge is -1.92. The molecule has 0 aliphatic carbocycles. The lowest BCUT2D eigenvalue weighted by Crippen LogP contribution is -1.98. The maximum absolute atomic E-state index is 8.73. The minimum absolute atomic E-state index is 0.101. The third-order valence-electron chi connectivity index (χ3n) is 1.56. The highest BCUT2D eigenvalue weighted by Gasteiger charge is 2.01. The van der Waals surface area contributed by atoms with E-state index in [0.717, 1.165) is 0 Å². The van der Waals surface area contributed by atoms with Crippen LogP contribution in [0.25, 0.3) is 0 Å². The van der Waals surface area contributed by atoms with Gasteiger partial charge in [-0.3, -0.25) is 0 Å². The van der Waals surface area contributed by atoms with Gasteiger partial charge >= 0.3 is 0 Å². The third kappa shape index (κ3) is 1.73. The minimum Gasteiger partial charge on any atom is -0.390 e. The summed E-state index contributed by atoms with van der Waals surface area (Å²) in [6.07, 6.45) is 3.22. The summed E-state index contributed by atoms with van der Waals surface area (Å²) in [5.74, 6) is 0.703. The van der Waals surface area contributed by atoms with Crippen molar-refractivity contribution in [3.63, 3.8) is 0 Å². The number of hydrogen-bond donors (Lipinski definition) is 1. The van der Waals surface area contributed by atoms with Crippen molar-refractivity contribution in [1.29, 1.82) is 0 Å². The monoisotopic (exact) mass is 180 g/mol. The molecule has 2 aromatic rings. The van der Waals surface area contributed by atoms with Crippen LogP contribution in [0.2, 0.25) is 0 Å². The molecule has 0 amide bonds. The van der Waals surface area contributed by atoms with Crippen LogP contribution in [0.1, 0.15) is 11.5 Å². The fourth-order valence-electron chi connectivity index (χ4n) is 0.972. The molecule has 0 aromatic carbocycles. The summed E-state index contributed by atoms with van der Waals surface area (Å²) < 4.78 is 6.45. The molecular weight excluding hydrogens is 172 g/mol. The molecule has 1 N–H and O–H groups in total. The highest BCUT2D eigenvalue weighted by atomic mass is 16.5. The van der Waals surface area contributed by atoms with Crippen molar-refractivity contribution >= 4 is 0 Å². The fourth-order valence-corrected chi connectivity index (χ4v) is 0.972. The molecule has 0 aliphatic rings. The molecule has 0 fully saturated rings. The van der Waals surface area contributed by atoms with Crippen LogP contribution in [0.3, 0.4) is 0 Å². The van der Waals surface area contributed by atoms with Gasteiger partial charge in [0.15, 0.2) is 5.76 Å². The lowest BCUT2D eigenvalue weighted by molar-refractivity contribution is 0.276. The maximum Gasteiger partial charge on any atom is 0.158 e. The van der Waals surface area contributed by atoms with Gasteiger partial charge in [0.2, 0.25) is 0 Å². The number of aliphatic hydroxyl groups is 1. The van der Waals surface area contributed by atoms with E-state index < -0.39 is 0 Å². The number of aliphatic hydroxyl groups excluding tert-OH is 1. The zero-order valence-electron chi connectivity index (χ0n) is 6.79. The van der Waals surface area contributed by atoms with Gasteiger partial charge in [-0.25, -0.2) is 4.68 Å². The first-order valence-corrected chi connectivity index (χ1v) is 3.78. The molecular formula is C7H8N4O2. The van der Waals surface area contributed by atoms with Crippen LogP contribution in [0.15, 0.2) is 23.0 Å². The molecule has 13 heavy (non-hydrogen) atoms. The van der Waals surface area contributed by atoms with Crippen molar-refractivity contribution in [3.05, 3.63) is 29.9 Å². The van der Waals surface area contributed by atoms with Crippen molar-refractivity contribution in [2.45, 2.75) is 13.2 Å². The van der Waals surface area contributed by atoms with Crippen LogP contribution in [-0.2, 0) is 13.2 Å². The van der Waals surface area contributed by atoms with E-state index in [1.54, 1.807) is 23.1 Å². The molecule has 0 saturated heterocycles. The Kier molecular flexibility index (Phi) is 2.05. The van der Waals surface area contributed by atoms with Crippen LogP contribution in [0.5, 0.6) is 0 Å². The standard InChI is InChI=1S/C7H8N4O2/c12-5-6-3-11(10-9-6)4-7-1-2-8-13-7/h1-3,12H,4-5H2. The normalized spacial score (nSPS) is 10.5. The van der Waals surface area contributed by atoms with Gasteiger partial charge in [-0.1, -0.05) is 10.4 Å². The predicted molar refractivity (Wildman–Crippen MR) is 41.5 cm³/mol. The Bertz CT molecular complexity index is 368. The molecule has 0 radical (unpaired) electrons. The second kappa shape index (κ2) is 3.36. The second-order valence-corrected chi connectivity index (χ2v) is 2.54. The summed E-state index contributed by atoms with van der Waals surface area (Å²) in [4.78, 5) is 0. The zero-order valence-corrected chi connectivity index (χ0v) is 6.79. The first-order chi connectivity index (χ1) is 6.38. The molecule has 2 rings (SSSR count). The largest absolute Gasteiger partial charge is 0.390 e. The number of hydrogen-bond acceptors (Lipinski definition) is 5. The molecule has 6 nitrogen and oxygen atoms in total. The molecule has 0 bridgehead atoms. The number of aromatic nitrogens is 4. The van der Waals surface area contributed by atoms with Crippen LogP contribution in [0, 0.1) is 0 Å². The molecule has 2 heterocycles. The van der Waals surface area contributed by atoms with Crippen LogP contribution >= 0.6 is 0 Å². The van der Waals surface area contributed by atoms with E-state index in [9.17, 15) is 0 Å². The summed E-state index contributed by atoms with van der Waals surface area (Å²) in [6, 6.07) is 1.75.